The van der Waals surface area contributed by atoms with Gasteiger partial charge in [0.25, 0.3) is 0 Å². The molecule has 116 valence electrons. The number of aliphatic hydroxyl groups is 1. The predicted molar refractivity (Wildman–Crippen MR) is 87.8 cm³/mol. The SMILES string of the molecule is Nc1ncnc(N2CCC[C@H]2C[C@@H](O)c2ccccc2)c1Cl. The molecule has 2 aromatic rings. The third-order valence-electron chi connectivity index (χ3n) is 4.13. The van der Waals surface area contributed by atoms with E-state index in [0.717, 1.165) is 24.9 Å². The largest absolute Gasteiger partial charge is 0.388 e. The smallest absolute Gasteiger partial charge is 0.153 e. The first-order valence-electron chi connectivity index (χ1n) is 7.42. The number of rotatable bonds is 4. The number of benzene rings is 1. The van der Waals surface area contributed by atoms with Crippen LogP contribution in [0.1, 0.15) is 30.9 Å². The molecule has 1 fully saturated rings. The highest BCUT2D eigenvalue weighted by atomic mass is 35.5. The Bertz CT molecular complexity index is 637. The van der Waals surface area contributed by atoms with E-state index in [-0.39, 0.29) is 6.04 Å². The van der Waals surface area contributed by atoms with Crippen molar-refractivity contribution >= 4 is 23.2 Å². The topological polar surface area (TPSA) is 75.3 Å². The molecule has 2 heterocycles. The molecule has 0 amide bonds. The van der Waals surface area contributed by atoms with E-state index >= 15 is 0 Å². The van der Waals surface area contributed by atoms with E-state index in [0.29, 0.717) is 23.1 Å². The summed E-state index contributed by atoms with van der Waals surface area (Å²) in [6.07, 6.45) is 3.63. The number of hydrogen-bond acceptors (Lipinski definition) is 5. The lowest BCUT2D eigenvalue weighted by molar-refractivity contribution is 0.158. The third kappa shape index (κ3) is 3.00. The number of aromatic nitrogens is 2. The summed E-state index contributed by atoms with van der Waals surface area (Å²) in [5, 5.41) is 10.8. The number of aliphatic hydroxyl groups excluding tert-OH is 1. The average molecular weight is 319 g/mol. The van der Waals surface area contributed by atoms with Gasteiger partial charge in [0.05, 0.1) is 6.10 Å². The first-order chi connectivity index (χ1) is 10.7. The molecule has 1 aromatic heterocycles. The third-order valence-corrected chi connectivity index (χ3v) is 4.49. The summed E-state index contributed by atoms with van der Waals surface area (Å²) in [6.45, 7) is 0.863. The Morgan fingerprint density at radius 3 is 2.86 bits per heavy atom. The van der Waals surface area contributed by atoms with Gasteiger partial charge in [-0.1, -0.05) is 41.9 Å². The molecule has 0 unspecified atom stereocenters. The number of nitrogens with two attached hydrogens (primary N) is 1. The van der Waals surface area contributed by atoms with Gasteiger partial charge in [-0.25, -0.2) is 9.97 Å². The molecule has 3 N–H and O–H groups in total. The van der Waals surface area contributed by atoms with Gasteiger partial charge in [-0.2, -0.15) is 0 Å². The van der Waals surface area contributed by atoms with Gasteiger partial charge < -0.3 is 15.7 Å². The van der Waals surface area contributed by atoms with Crippen molar-refractivity contribution in [1.29, 1.82) is 0 Å². The van der Waals surface area contributed by atoms with Crippen molar-refractivity contribution in [3.8, 4) is 0 Å². The Morgan fingerprint density at radius 2 is 2.09 bits per heavy atom. The molecule has 22 heavy (non-hydrogen) atoms. The molecule has 2 atom stereocenters. The molecule has 1 aromatic carbocycles. The fraction of sp³-hybridized carbons (Fsp3) is 0.375. The summed E-state index contributed by atoms with van der Waals surface area (Å²) in [7, 11) is 0. The quantitative estimate of drug-likeness (QED) is 0.906. The standard InChI is InChI=1S/C16H19ClN4O/c17-14-15(18)19-10-20-16(14)21-8-4-7-12(21)9-13(22)11-5-2-1-3-6-11/h1-3,5-6,10,12-13,22H,4,7-9H2,(H2,18,19,20)/t12-,13+/m0/s1. The maximum atomic E-state index is 10.5. The zero-order valence-electron chi connectivity index (χ0n) is 12.2. The van der Waals surface area contributed by atoms with Crippen LogP contribution in [0.2, 0.25) is 5.02 Å². The zero-order valence-corrected chi connectivity index (χ0v) is 12.9. The summed E-state index contributed by atoms with van der Waals surface area (Å²) < 4.78 is 0. The van der Waals surface area contributed by atoms with Crippen LogP contribution in [-0.4, -0.2) is 27.7 Å². The van der Waals surface area contributed by atoms with Crippen LogP contribution in [0.15, 0.2) is 36.7 Å². The van der Waals surface area contributed by atoms with Crippen LogP contribution in [0.4, 0.5) is 11.6 Å². The van der Waals surface area contributed by atoms with Gasteiger partial charge in [-0.05, 0) is 24.8 Å². The molecule has 5 nitrogen and oxygen atoms in total. The lowest BCUT2D eigenvalue weighted by Crippen LogP contribution is -2.32. The van der Waals surface area contributed by atoms with Crippen LogP contribution in [0.25, 0.3) is 0 Å². The Balaban J connectivity index is 1.77. The molecule has 0 spiro atoms. The van der Waals surface area contributed by atoms with Crippen LogP contribution in [0.5, 0.6) is 0 Å². The molecule has 1 aliphatic rings. The highest BCUT2D eigenvalue weighted by Crippen LogP contribution is 2.35. The molecule has 6 heteroatoms. The highest BCUT2D eigenvalue weighted by Gasteiger charge is 2.30. The second-order valence-electron chi connectivity index (χ2n) is 5.55. The zero-order chi connectivity index (χ0) is 15.5. The minimum atomic E-state index is -0.496. The molecule has 0 radical (unpaired) electrons. The Kier molecular flexibility index (Phi) is 4.45. The van der Waals surface area contributed by atoms with Gasteiger partial charge in [0, 0.05) is 12.6 Å². The highest BCUT2D eigenvalue weighted by molar-refractivity contribution is 6.35. The van der Waals surface area contributed by atoms with Crippen molar-refractivity contribution in [1.82, 2.24) is 9.97 Å². The molecular weight excluding hydrogens is 300 g/mol. The van der Waals surface area contributed by atoms with Crippen LogP contribution in [-0.2, 0) is 0 Å². The Hall–Kier alpha value is -1.85. The van der Waals surface area contributed by atoms with Crippen LogP contribution in [0.3, 0.4) is 0 Å². The predicted octanol–water partition coefficient (Wildman–Crippen LogP) is 2.80. The fourth-order valence-corrected chi connectivity index (χ4v) is 3.21. The van der Waals surface area contributed by atoms with Crippen LogP contribution in [0, 0.1) is 0 Å². The van der Waals surface area contributed by atoms with Gasteiger partial charge in [-0.15, -0.1) is 0 Å². The maximum absolute atomic E-state index is 10.5. The van der Waals surface area contributed by atoms with Gasteiger partial charge >= 0.3 is 0 Å². The van der Waals surface area contributed by atoms with Crippen molar-refractivity contribution in [3.63, 3.8) is 0 Å². The summed E-state index contributed by atoms with van der Waals surface area (Å²) in [4.78, 5) is 10.3. The Labute approximate surface area is 134 Å². The molecule has 0 bridgehead atoms. The first-order valence-corrected chi connectivity index (χ1v) is 7.80. The molecule has 1 aliphatic heterocycles. The molecule has 3 rings (SSSR count). The minimum Gasteiger partial charge on any atom is -0.388 e. The van der Waals surface area contributed by atoms with E-state index in [1.165, 1.54) is 6.33 Å². The normalized spacial score (nSPS) is 19.4. The number of halogens is 1. The van der Waals surface area contributed by atoms with Gasteiger partial charge in [0.1, 0.15) is 17.2 Å². The summed E-state index contributed by atoms with van der Waals surface area (Å²) in [5.41, 5.74) is 6.70. The van der Waals surface area contributed by atoms with Gasteiger partial charge in [0.15, 0.2) is 5.82 Å². The minimum absolute atomic E-state index is 0.196. The summed E-state index contributed by atoms with van der Waals surface area (Å²) in [5.74, 6) is 0.956. The Morgan fingerprint density at radius 1 is 1.32 bits per heavy atom. The van der Waals surface area contributed by atoms with Crippen molar-refractivity contribution in [2.24, 2.45) is 0 Å². The van der Waals surface area contributed by atoms with Crippen molar-refractivity contribution < 1.29 is 5.11 Å². The average Bonchev–Trinajstić information content (AvgIpc) is 2.99. The van der Waals surface area contributed by atoms with E-state index in [9.17, 15) is 5.11 Å². The summed E-state index contributed by atoms with van der Waals surface area (Å²) in [6, 6.07) is 9.91. The van der Waals surface area contributed by atoms with Gasteiger partial charge in [0.2, 0.25) is 0 Å². The first kappa shape index (κ1) is 15.1. The second kappa shape index (κ2) is 6.50. The lowest BCUT2D eigenvalue weighted by Gasteiger charge is -2.28. The summed E-state index contributed by atoms with van der Waals surface area (Å²) >= 11 is 6.24. The number of hydrogen-bond donors (Lipinski definition) is 2. The fourth-order valence-electron chi connectivity index (χ4n) is 3.00. The van der Waals surface area contributed by atoms with Crippen molar-refractivity contribution in [2.45, 2.75) is 31.4 Å². The van der Waals surface area contributed by atoms with E-state index in [1.807, 2.05) is 30.3 Å². The molecular formula is C16H19ClN4O. The monoisotopic (exact) mass is 318 g/mol. The van der Waals surface area contributed by atoms with Gasteiger partial charge in [-0.3, -0.25) is 0 Å². The molecule has 1 saturated heterocycles. The number of nitrogens with zero attached hydrogens (tertiary/aromatic N) is 3. The number of anilines is 2. The second-order valence-corrected chi connectivity index (χ2v) is 5.93. The molecule has 0 aliphatic carbocycles. The maximum Gasteiger partial charge on any atom is 0.153 e. The van der Waals surface area contributed by atoms with E-state index in [1.54, 1.807) is 0 Å². The van der Waals surface area contributed by atoms with E-state index in [4.69, 9.17) is 17.3 Å². The van der Waals surface area contributed by atoms with Crippen LogP contribution >= 0.6 is 11.6 Å². The van der Waals surface area contributed by atoms with Crippen molar-refractivity contribution in [3.05, 3.63) is 47.2 Å². The van der Waals surface area contributed by atoms with E-state index in [2.05, 4.69) is 14.9 Å². The van der Waals surface area contributed by atoms with E-state index < -0.39 is 6.10 Å². The lowest BCUT2D eigenvalue weighted by atomic mass is 10.0. The number of nitrogen functional groups attached to an aromatic ring is 1. The molecule has 0 saturated carbocycles. The van der Waals surface area contributed by atoms with Crippen LogP contribution < -0.4 is 10.6 Å². The van der Waals surface area contributed by atoms with Crippen molar-refractivity contribution in [2.75, 3.05) is 17.2 Å².